The zero-order chi connectivity index (χ0) is 23.6. The van der Waals surface area contributed by atoms with Crippen molar-refractivity contribution < 1.29 is 17.6 Å². The number of para-hydroxylation sites is 1. The molecule has 2 aromatic carbocycles. The molecule has 34 heavy (non-hydrogen) atoms. The maximum absolute atomic E-state index is 14.2. The highest BCUT2D eigenvalue weighted by Crippen LogP contribution is 2.31. The van der Waals surface area contributed by atoms with E-state index >= 15 is 0 Å². The summed E-state index contributed by atoms with van der Waals surface area (Å²) in [6.07, 6.45) is 2.43. The van der Waals surface area contributed by atoms with Gasteiger partial charge in [0.1, 0.15) is 11.3 Å². The topological polar surface area (TPSA) is 73.8 Å². The van der Waals surface area contributed by atoms with Gasteiger partial charge in [0.15, 0.2) is 5.13 Å². The molecule has 0 unspecified atom stereocenters. The first-order valence-corrected chi connectivity index (χ1v) is 13.1. The van der Waals surface area contributed by atoms with Gasteiger partial charge in [0.05, 0.1) is 9.60 Å². The Balaban J connectivity index is 0.00000324. The van der Waals surface area contributed by atoms with Crippen LogP contribution in [0.1, 0.15) is 29.6 Å². The number of halogens is 2. The molecule has 0 radical (unpaired) electrons. The first-order chi connectivity index (χ1) is 15.8. The number of thiazole rings is 1. The molecule has 7 nitrogen and oxygen atoms in total. The van der Waals surface area contributed by atoms with Crippen LogP contribution in [-0.4, -0.2) is 68.8 Å². The molecular weight excluding hydrogens is 499 g/mol. The van der Waals surface area contributed by atoms with Gasteiger partial charge in [0.25, 0.3) is 5.91 Å². The van der Waals surface area contributed by atoms with Gasteiger partial charge in [-0.3, -0.25) is 9.69 Å². The zero-order valence-electron chi connectivity index (χ0n) is 19.1. The third-order valence-corrected chi connectivity index (χ3v) is 8.58. The van der Waals surface area contributed by atoms with Crippen LogP contribution < -0.4 is 4.90 Å². The molecule has 0 aliphatic carbocycles. The summed E-state index contributed by atoms with van der Waals surface area (Å²) in [6.45, 7) is 2.23. The summed E-state index contributed by atoms with van der Waals surface area (Å²) in [5.74, 6) is -0.717. The average Bonchev–Trinajstić information content (AvgIpc) is 3.47. The maximum Gasteiger partial charge on any atom is 0.260 e. The second kappa shape index (κ2) is 11.1. The molecule has 0 bridgehead atoms. The van der Waals surface area contributed by atoms with Gasteiger partial charge in [-0.05, 0) is 76.3 Å². The smallest absolute Gasteiger partial charge is 0.260 e. The minimum Gasteiger partial charge on any atom is -0.309 e. The van der Waals surface area contributed by atoms with Crippen LogP contribution in [0, 0.1) is 5.82 Å². The fourth-order valence-electron chi connectivity index (χ4n) is 3.85. The Bertz CT molecular complexity index is 1240. The van der Waals surface area contributed by atoms with E-state index in [0.29, 0.717) is 41.5 Å². The van der Waals surface area contributed by atoms with Crippen molar-refractivity contribution in [3.8, 4) is 0 Å². The standard InChI is InChI=1S/C23H27FN4O3S2.ClH/c1-26(2)13-6-16-28(23-25-21-19(24)7-5-8-20(21)32-23)22(29)17-9-11-18(12-10-17)33(30,31)27-14-3-4-15-27;/h5,7-12H,3-4,6,13-16H2,1-2H3;1H. The molecule has 1 saturated heterocycles. The predicted molar refractivity (Wildman–Crippen MR) is 136 cm³/mol. The molecule has 0 spiro atoms. The number of amides is 1. The van der Waals surface area contributed by atoms with Crippen LogP contribution in [0.15, 0.2) is 47.4 Å². The number of sulfonamides is 1. The first-order valence-electron chi connectivity index (χ1n) is 10.9. The van der Waals surface area contributed by atoms with Crippen molar-refractivity contribution in [1.82, 2.24) is 14.2 Å². The third-order valence-electron chi connectivity index (χ3n) is 5.63. The van der Waals surface area contributed by atoms with Crippen LogP contribution in [0.25, 0.3) is 10.2 Å². The summed E-state index contributed by atoms with van der Waals surface area (Å²) in [5.41, 5.74) is 0.606. The van der Waals surface area contributed by atoms with E-state index in [4.69, 9.17) is 0 Å². The fourth-order valence-corrected chi connectivity index (χ4v) is 6.37. The number of benzene rings is 2. The van der Waals surface area contributed by atoms with Crippen LogP contribution in [0.2, 0.25) is 0 Å². The van der Waals surface area contributed by atoms with Gasteiger partial charge in [-0.2, -0.15) is 4.31 Å². The van der Waals surface area contributed by atoms with Crippen molar-refractivity contribution in [3.63, 3.8) is 0 Å². The van der Waals surface area contributed by atoms with Crippen LogP contribution in [0.5, 0.6) is 0 Å². The molecule has 4 rings (SSSR count). The number of carbonyl (C=O) groups excluding carboxylic acids is 1. The van der Waals surface area contributed by atoms with Crippen LogP contribution in [0.3, 0.4) is 0 Å². The van der Waals surface area contributed by atoms with Gasteiger partial charge in [0.2, 0.25) is 10.0 Å². The lowest BCUT2D eigenvalue weighted by Gasteiger charge is -2.21. The van der Waals surface area contributed by atoms with Gasteiger partial charge in [-0.1, -0.05) is 17.4 Å². The van der Waals surface area contributed by atoms with Gasteiger partial charge in [-0.25, -0.2) is 17.8 Å². The van der Waals surface area contributed by atoms with E-state index in [1.54, 1.807) is 17.0 Å². The minimum absolute atomic E-state index is 0. The van der Waals surface area contributed by atoms with Crippen LogP contribution in [-0.2, 0) is 10.0 Å². The second-order valence-corrected chi connectivity index (χ2v) is 11.3. The largest absolute Gasteiger partial charge is 0.309 e. The summed E-state index contributed by atoms with van der Waals surface area (Å²) < 4.78 is 41.9. The number of hydrogen-bond acceptors (Lipinski definition) is 6. The Morgan fingerprint density at radius 1 is 1.09 bits per heavy atom. The number of fused-ring (bicyclic) bond motifs is 1. The number of hydrogen-bond donors (Lipinski definition) is 0. The summed E-state index contributed by atoms with van der Waals surface area (Å²) in [4.78, 5) is 21.6. The molecule has 2 heterocycles. The van der Waals surface area contributed by atoms with Gasteiger partial charge in [0, 0.05) is 25.2 Å². The number of rotatable bonds is 8. The first kappa shape index (κ1) is 26.5. The molecule has 1 aromatic heterocycles. The Morgan fingerprint density at radius 3 is 2.38 bits per heavy atom. The number of nitrogens with zero attached hydrogens (tertiary/aromatic N) is 4. The molecule has 1 amide bonds. The summed E-state index contributed by atoms with van der Waals surface area (Å²) in [6, 6.07) is 10.8. The minimum atomic E-state index is -3.55. The van der Waals surface area contributed by atoms with Crippen molar-refractivity contribution in [2.24, 2.45) is 0 Å². The quantitative estimate of drug-likeness (QED) is 0.439. The number of aromatic nitrogens is 1. The molecule has 1 aliphatic heterocycles. The molecule has 3 aromatic rings. The van der Waals surface area contributed by atoms with E-state index < -0.39 is 15.8 Å². The van der Waals surface area contributed by atoms with Gasteiger partial charge in [-0.15, -0.1) is 12.4 Å². The molecule has 0 atom stereocenters. The predicted octanol–water partition coefficient (Wildman–Crippen LogP) is 4.24. The molecule has 1 aliphatic rings. The van der Waals surface area contributed by atoms with Crippen molar-refractivity contribution >= 4 is 55.0 Å². The van der Waals surface area contributed by atoms with E-state index in [-0.39, 0.29) is 28.7 Å². The average molecular weight is 527 g/mol. The second-order valence-electron chi connectivity index (χ2n) is 8.33. The van der Waals surface area contributed by atoms with E-state index in [9.17, 15) is 17.6 Å². The maximum atomic E-state index is 14.2. The summed E-state index contributed by atoms with van der Waals surface area (Å²) in [5, 5.41) is 0.424. The fraction of sp³-hybridized carbons (Fsp3) is 0.391. The summed E-state index contributed by atoms with van der Waals surface area (Å²) >= 11 is 1.26. The van der Waals surface area contributed by atoms with E-state index in [1.807, 2.05) is 19.0 Å². The highest BCUT2D eigenvalue weighted by molar-refractivity contribution is 7.89. The Morgan fingerprint density at radius 2 is 1.76 bits per heavy atom. The van der Waals surface area contributed by atoms with Crippen LogP contribution in [0.4, 0.5) is 9.52 Å². The van der Waals surface area contributed by atoms with Gasteiger partial charge >= 0.3 is 0 Å². The molecule has 0 N–H and O–H groups in total. The lowest BCUT2D eigenvalue weighted by molar-refractivity contribution is 0.0986. The molecule has 11 heteroatoms. The van der Waals surface area contributed by atoms with Crippen molar-refractivity contribution in [2.45, 2.75) is 24.2 Å². The Kier molecular flexibility index (Phi) is 8.64. The number of carbonyl (C=O) groups is 1. The SMILES string of the molecule is CN(C)CCCN(C(=O)c1ccc(S(=O)(=O)N2CCCC2)cc1)c1nc2c(F)cccc2s1.Cl. The van der Waals surface area contributed by atoms with Crippen molar-refractivity contribution in [3.05, 3.63) is 53.8 Å². The Labute approximate surface area is 209 Å². The molecule has 0 saturated carbocycles. The van der Waals surface area contributed by atoms with Gasteiger partial charge < -0.3 is 4.90 Å². The summed E-state index contributed by atoms with van der Waals surface area (Å²) in [7, 11) is 0.366. The molecule has 184 valence electrons. The highest BCUT2D eigenvalue weighted by Gasteiger charge is 2.28. The zero-order valence-corrected chi connectivity index (χ0v) is 21.6. The highest BCUT2D eigenvalue weighted by atomic mass is 35.5. The Hall–Kier alpha value is -2.11. The number of anilines is 1. The molecule has 1 fully saturated rings. The monoisotopic (exact) mass is 526 g/mol. The molecular formula is C23H28ClFN4O3S2. The lowest BCUT2D eigenvalue weighted by Crippen LogP contribution is -2.33. The van der Waals surface area contributed by atoms with Crippen molar-refractivity contribution in [1.29, 1.82) is 0 Å². The van der Waals surface area contributed by atoms with Crippen LogP contribution >= 0.6 is 23.7 Å². The van der Waals surface area contributed by atoms with E-state index in [1.165, 1.54) is 46.0 Å². The van der Waals surface area contributed by atoms with E-state index in [0.717, 1.165) is 19.4 Å². The third kappa shape index (κ3) is 5.58. The normalized spacial score (nSPS) is 14.5. The van der Waals surface area contributed by atoms with Crippen molar-refractivity contribution in [2.75, 3.05) is 45.2 Å². The lowest BCUT2D eigenvalue weighted by atomic mass is 10.2. The van der Waals surface area contributed by atoms with E-state index in [2.05, 4.69) is 4.98 Å².